The summed E-state index contributed by atoms with van der Waals surface area (Å²) in [6, 6.07) is 18.9. The van der Waals surface area contributed by atoms with Gasteiger partial charge in [0.1, 0.15) is 11.5 Å². The van der Waals surface area contributed by atoms with Gasteiger partial charge in [-0.15, -0.1) is 0 Å². The summed E-state index contributed by atoms with van der Waals surface area (Å²) >= 11 is 2.24. The number of ether oxygens (including phenoxy) is 1. The molecule has 3 rings (SSSR count). The molecule has 0 radical (unpaired) electrons. The molecule has 4 nitrogen and oxygen atoms in total. The van der Waals surface area contributed by atoms with E-state index >= 15 is 0 Å². The van der Waals surface area contributed by atoms with E-state index in [1.807, 2.05) is 67.6 Å². The van der Waals surface area contributed by atoms with Gasteiger partial charge >= 0.3 is 0 Å². The second kappa shape index (κ2) is 8.52. The first-order chi connectivity index (χ1) is 12.9. The number of nitrogens with one attached hydrogen (secondary N) is 1. The Kier molecular flexibility index (Phi) is 6.11. The van der Waals surface area contributed by atoms with Gasteiger partial charge in [-0.25, -0.2) is 0 Å². The molecule has 138 valence electrons. The summed E-state index contributed by atoms with van der Waals surface area (Å²) in [7, 11) is 0. The topological polar surface area (TPSA) is 51.2 Å². The zero-order valence-corrected chi connectivity index (χ0v) is 17.7. The molecule has 0 aliphatic heterocycles. The third-order valence-electron chi connectivity index (χ3n) is 4.07. The number of rotatable bonds is 5. The van der Waals surface area contributed by atoms with Crippen LogP contribution in [0.5, 0.6) is 11.5 Å². The number of nitrogens with zero attached hydrogens (tertiary/aromatic N) is 1. The Bertz CT molecular complexity index is 970. The number of halogens is 1. The summed E-state index contributed by atoms with van der Waals surface area (Å²) < 4.78 is 6.98. The van der Waals surface area contributed by atoms with Gasteiger partial charge in [-0.2, -0.15) is 0 Å². The molecule has 3 aromatic rings. The molecule has 0 saturated heterocycles. The number of aryl methyl sites for hydroxylation is 1. The first kappa shape index (κ1) is 19.4. The number of anilines is 1. The molecule has 0 fully saturated rings. The van der Waals surface area contributed by atoms with Crippen LogP contribution in [0.4, 0.5) is 5.69 Å². The highest BCUT2D eigenvalue weighted by molar-refractivity contribution is 14.1. The molecule has 1 aromatic heterocycles. The van der Waals surface area contributed by atoms with Crippen LogP contribution in [0, 0.1) is 10.5 Å². The number of hydrogen-bond donors (Lipinski definition) is 1. The molecular weight excluding hydrogens is 451 g/mol. The Morgan fingerprint density at radius 1 is 1.04 bits per heavy atom. The maximum Gasteiger partial charge on any atom is 0.257 e. The van der Waals surface area contributed by atoms with Crippen molar-refractivity contribution in [3.63, 3.8) is 0 Å². The summed E-state index contributed by atoms with van der Waals surface area (Å²) in [5.74, 6) is 1.58. The van der Waals surface area contributed by atoms with Crippen molar-refractivity contribution >= 4 is 34.2 Å². The van der Waals surface area contributed by atoms with Crippen molar-refractivity contribution in [3.05, 3.63) is 81.2 Å². The van der Waals surface area contributed by atoms with E-state index in [4.69, 9.17) is 4.74 Å². The minimum atomic E-state index is -0.179. The van der Waals surface area contributed by atoms with Crippen LogP contribution in [0.15, 0.2) is 60.7 Å². The predicted octanol–water partition coefficient (Wildman–Crippen LogP) is 6.16. The summed E-state index contributed by atoms with van der Waals surface area (Å²) in [5, 5.41) is 2.92. The fraction of sp³-hybridized carbons (Fsp3) is 0.182. The monoisotopic (exact) mass is 472 g/mol. The molecule has 1 heterocycles. The Balaban J connectivity index is 1.75. The number of amides is 1. The second-order valence-electron chi connectivity index (χ2n) is 6.57. The third kappa shape index (κ3) is 5.07. The minimum absolute atomic E-state index is 0.179. The number of carbonyl (C=O) groups excluding carboxylic acids is 1. The highest BCUT2D eigenvalue weighted by Crippen LogP contribution is 2.26. The number of carbonyl (C=O) groups is 1. The largest absolute Gasteiger partial charge is 0.457 e. The van der Waals surface area contributed by atoms with Gasteiger partial charge in [0.2, 0.25) is 0 Å². The molecule has 1 N–H and O–H groups in total. The molecule has 5 heteroatoms. The molecule has 0 bridgehead atoms. The van der Waals surface area contributed by atoms with Crippen LogP contribution < -0.4 is 10.1 Å². The average Bonchev–Trinajstić information content (AvgIpc) is 2.61. The van der Waals surface area contributed by atoms with Crippen LogP contribution in [-0.2, 0) is 0 Å². The maximum absolute atomic E-state index is 12.6. The van der Waals surface area contributed by atoms with Crippen molar-refractivity contribution in [1.82, 2.24) is 4.98 Å². The Morgan fingerprint density at radius 2 is 1.74 bits per heavy atom. The Labute approximate surface area is 173 Å². The van der Waals surface area contributed by atoms with E-state index in [1.165, 1.54) is 0 Å². The fourth-order valence-corrected chi connectivity index (χ4v) is 3.16. The molecule has 0 atom stereocenters. The predicted molar refractivity (Wildman–Crippen MR) is 117 cm³/mol. The van der Waals surface area contributed by atoms with E-state index in [0.29, 0.717) is 22.9 Å². The number of pyridine rings is 1. The molecule has 27 heavy (non-hydrogen) atoms. The van der Waals surface area contributed by atoms with Gasteiger partial charge in [0.25, 0.3) is 5.91 Å². The lowest BCUT2D eigenvalue weighted by Crippen LogP contribution is -2.14. The molecular formula is C22H21IN2O2. The highest BCUT2D eigenvalue weighted by Gasteiger charge is 2.12. The SMILES string of the molecule is Cc1nc(C(C)C)ccc1C(=O)Nc1cccc(Oc2cccc(I)c2)c1. The second-order valence-corrected chi connectivity index (χ2v) is 7.81. The van der Waals surface area contributed by atoms with Crippen LogP contribution in [0.1, 0.15) is 41.5 Å². The van der Waals surface area contributed by atoms with E-state index < -0.39 is 0 Å². The van der Waals surface area contributed by atoms with E-state index in [2.05, 4.69) is 46.7 Å². The minimum Gasteiger partial charge on any atom is -0.457 e. The Hall–Kier alpha value is -2.41. The van der Waals surface area contributed by atoms with Crippen LogP contribution in [0.2, 0.25) is 0 Å². The zero-order valence-electron chi connectivity index (χ0n) is 15.5. The van der Waals surface area contributed by atoms with E-state index in [0.717, 1.165) is 20.7 Å². The van der Waals surface area contributed by atoms with Crippen molar-refractivity contribution in [2.45, 2.75) is 26.7 Å². The van der Waals surface area contributed by atoms with Crippen LogP contribution >= 0.6 is 22.6 Å². The van der Waals surface area contributed by atoms with Gasteiger partial charge in [0.05, 0.1) is 11.3 Å². The van der Waals surface area contributed by atoms with Gasteiger partial charge in [-0.3, -0.25) is 9.78 Å². The lowest BCUT2D eigenvalue weighted by atomic mass is 10.1. The molecule has 0 spiro atoms. The molecule has 0 saturated carbocycles. The highest BCUT2D eigenvalue weighted by atomic mass is 127. The average molecular weight is 472 g/mol. The van der Waals surface area contributed by atoms with Crippen molar-refractivity contribution in [1.29, 1.82) is 0 Å². The maximum atomic E-state index is 12.6. The molecule has 2 aromatic carbocycles. The smallest absolute Gasteiger partial charge is 0.257 e. The van der Waals surface area contributed by atoms with Crippen molar-refractivity contribution < 1.29 is 9.53 Å². The molecule has 0 aliphatic carbocycles. The van der Waals surface area contributed by atoms with Gasteiger partial charge in [0.15, 0.2) is 0 Å². The first-order valence-electron chi connectivity index (χ1n) is 8.75. The third-order valence-corrected chi connectivity index (χ3v) is 4.74. The standard InChI is InChI=1S/C22H21IN2O2/c1-14(2)21-11-10-20(15(3)24-21)22(26)25-17-7-5-9-19(13-17)27-18-8-4-6-16(23)12-18/h4-14H,1-3H3,(H,25,26). The van der Waals surface area contributed by atoms with Crippen molar-refractivity contribution in [2.24, 2.45) is 0 Å². The van der Waals surface area contributed by atoms with Gasteiger partial charge < -0.3 is 10.1 Å². The van der Waals surface area contributed by atoms with Gasteiger partial charge in [-0.05, 0) is 77.9 Å². The lowest BCUT2D eigenvalue weighted by Gasteiger charge is -2.11. The fourth-order valence-electron chi connectivity index (χ4n) is 2.64. The summed E-state index contributed by atoms with van der Waals surface area (Å²) in [6.45, 7) is 6.03. The summed E-state index contributed by atoms with van der Waals surface area (Å²) in [4.78, 5) is 17.2. The van der Waals surface area contributed by atoms with E-state index in [-0.39, 0.29) is 5.91 Å². The van der Waals surface area contributed by atoms with Gasteiger partial charge in [0, 0.05) is 21.0 Å². The van der Waals surface area contributed by atoms with Crippen molar-refractivity contribution in [2.75, 3.05) is 5.32 Å². The summed E-state index contributed by atoms with van der Waals surface area (Å²) in [5.41, 5.74) is 2.96. The quantitative estimate of drug-likeness (QED) is 0.453. The molecule has 0 aliphatic rings. The zero-order chi connectivity index (χ0) is 19.4. The Morgan fingerprint density at radius 3 is 2.41 bits per heavy atom. The van der Waals surface area contributed by atoms with Crippen LogP contribution in [0.3, 0.4) is 0 Å². The number of benzene rings is 2. The van der Waals surface area contributed by atoms with E-state index in [1.54, 1.807) is 0 Å². The first-order valence-corrected chi connectivity index (χ1v) is 9.82. The summed E-state index contributed by atoms with van der Waals surface area (Å²) in [6.07, 6.45) is 0. The molecule has 1 amide bonds. The van der Waals surface area contributed by atoms with Crippen LogP contribution in [-0.4, -0.2) is 10.9 Å². The number of aromatic nitrogens is 1. The number of hydrogen-bond acceptors (Lipinski definition) is 3. The van der Waals surface area contributed by atoms with E-state index in [9.17, 15) is 4.79 Å². The van der Waals surface area contributed by atoms with Gasteiger partial charge in [-0.1, -0.05) is 26.0 Å². The normalized spacial score (nSPS) is 10.7. The lowest BCUT2D eigenvalue weighted by molar-refractivity contribution is 0.102. The van der Waals surface area contributed by atoms with Crippen molar-refractivity contribution in [3.8, 4) is 11.5 Å². The van der Waals surface area contributed by atoms with Crippen LogP contribution in [0.25, 0.3) is 0 Å². The molecule has 0 unspecified atom stereocenters.